The first-order chi connectivity index (χ1) is 26.8. The monoisotopic (exact) mass is 711 g/mol. The molecule has 260 valence electrons. The second-order valence-electron chi connectivity index (χ2n) is 14.7. The number of para-hydroxylation sites is 1. The van der Waals surface area contributed by atoms with Crippen LogP contribution in [0.25, 0.3) is 64.3 Å². The summed E-state index contributed by atoms with van der Waals surface area (Å²) in [5.74, 6) is 0.592. The van der Waals surface area contributed by atoms with Gasteiger partial charge >= 0.3 is 0 Å². The fraction of sp³-hybridized carbons (Fsp3) is 0.115. The molecule has 1 fully saturated rings. The quantitative estimate of drug-likeness (QED) is 0.159. The summed E-state index contributed by atoms with van der Waals surface area (Å²) < 4.78 is 2.60. The molecule has 9 aromatic rings. The van der Waals surface area contributed by atoms with Crippen LogP contribution in [0.1, 0.15) is 43.6 Å². The van der Waals surface area contributed by atoms with Gasteiger partial charge in [-0.25, -0.2) is 0 Å². The Morgan fingerprint density at radius 3 is 1.89 bits per heavy atom. The van der Waals surface area contributed by atoms with E-state index in [0.29, 0.717) is 5.92 Å². The average molecular weight is 712 g/mol. The Hall–Kier alpha value is -5.96. The lowest BCUT2D eigenvalue weighted by atomic mass is 9.80. The molecule has 1 aliphatic rings. The van der Waals surface area contributed by atoms with Gasteiger partial charge in [-0.05, 0) is 87.7 Å². The predicted octanol–water partition coefficient (Wildman–Crippen LogP) is 15.7. The lowest BCUT2D eigenvalue weighted by molar-refractivity contribution is 0.445. The molecule has 54 heavy (non-hydrogen) atoms. The van der Waals surface area contributed by atoms with Gasteiger partial charge in [-0.2, -0.15) is 0 Å². The van der Waals surface area contributed by atoms with Crippen molar-refractivity contribution in [1.29, 1.82) is 0 Å². The molecule has 1 saturated carbocycles. The molecule has 0 saturated heterocycles. The summed E-state index contributed by atoms with van der Waals surface area (Å²) in [6.45, 7) is 0. The van der Waals surface area contributed by atoms with Gasteiger partial charge in [0.15, 0.2) is 0 Å². The number of rotatable bonds is 7. The maximum atomic E-state index is 2.56. The minimum Gasteiger partial charge on any atom is -0.308 e. The zero-order valence-corrected chi connectivity index (χ0v) is 31.1. The van der Waals surface area contributed by atoms with Gasteiger partial charge in [0.25, 0.3) is 0 Å². The summed E-state index contributed by atoms with van der Waals surface area (Å²) in [7, 11) is 0. The van der Waals surface area contributed by atoms with Crippen molar-refractivity contribution in [3.05, 3.63) is 188 Å². The standard InChI is InChI=1S/C52H41NS/c1-4-17-36(18-5-1)40-33-34-48(46(35-40)38-21-8-3-9-22-38)53(49-31-16-29-45-43-26-11-13-32-50(43)54-52(45)49)47-30-12-10-25-42(47)44-28-15-24-39-23-14-27-41(51(39)44)37-19-6-2-7-20-37/h1,3-5,8-18,21-35,37H,2,6-7,19-20H2. The van der Waals surface area contributed by atoms with Crippen LogP contribution in [-0.4, -0.2) is 0 Å². The number of hydrogen-bond acceptors (Lipinski definition) is 2. The second kappa shape index (κ2) is 14.1. The van der Waals surface area contributed by atoms with E-state index < -0.39 is 0 Å². The Morgan fingerprint density at radius 2 is 1.06 bits per heavy atom. The van der Waals surface area contributed by atoms with Gasteiger partial charge in [0.1, 0.15) is 0 Å². The molecule has 0 atom stereocenters. The third kappa shape index (κ3) is 5.79. The number of nitrogens with zero attached hydrogens (tertiary/aromatic N) is 1. The van der Waals surface area contributed by atoms with Crippen molar-refractivity contribution >= 4 is 59.3 Å². The molecule has 0 aliphatic heterocycles. The molecular formula is C52H41NS. The first kappa shape index (κ1) is 32.7. The van der Waals surface area contributed by atoms with Crippen LogP contribution < -0.4 is 4.90 Å². The summed E-state index contributed by atoms with van der Waals surface area (Å²) >= 11 is 1.89. The predicted molar refractivity (Wildman–Crippen MR) is 234 cm³/mol. The molecule has 10 rings (SSSR count). The molecule has 0 amide bonds. The van der Waals surface area contributed by atoms with Crippen LogP contribution in [0.4, 0.5) is 17.1 Å². The lowest BCUT2D eigenvalue weighted by Gasteiger charge is -2.31. The summed E-state index contributed by atoms with van der Waals surface area (Å²) in [5, 5.41) is 5.33. The van der Waals surface area contributed by atoms with Crippen LogP contribution in [0.5, 0.6) is 0 Å². The normalized spacial score (nSPS) is 13.5. The summed E-state index contributed by atoms with van der Waals surface area (Å²) in [6, 6.07) is 67.4. The molecular weight excluding hydrogens is 671 g/mol. The Labute approximate surface area is 321 Å². The fourth-order valence-electron chi connectivity index (χ4n) is 8.93. The molecule has 0 bridgehead atoms. The number of benzene rings is 8. The lowest BCUT2D eigenvalue weighted by Crippen LogP contribution is -2.13. The van der Waals surface area contributed by atoms with Crippen molar-refractivity contribution in [3.63, 3.8) is 0 Å². The van der Waals surface area contributed by atoms with Crippen molar-refractivity contribution in [3.8, 4) is 33.4 Å². The van der Waals surface area contributed by atoms with Gasteiger partial charge in [0.2, 0.25) is 0 Å². The average Bonchev–Trinajstić information content (AvgIpc) is 3.64. The molecule has 0 radical (unpaired) electrons. The third-order valence-electron chi connectivity index (χ3n) is 11.5. The van der Waals surface area contributed by atoms with Crippen LogP contribution in [0, 0.1) is 0 Å². The Bertz CT molecular complexity index is 2750. The highest BCUT2D eigenvalue weighted by molar-refractivity contribution is 7.26. The van der Waals surface area contributed by atoms with Crippen LogP contribution in [0.3, 0.4) is 0 Å². The topological polar surface area (TPSA) is 3.24 Å². The Morgan fingerprint density at radius 1 is 0.426 bits per heavy atom. The minimum atomic E-state index is 0.592. The number of thiophene rings is 1. The van der Waals surface area contributed by atoms with Gasteiger partial charge in [-0.1, -0.05) is 171 Å². The molecule has 1 nitrogen and oxygen atoms in total. The van der Waals surface area contributed by atoms with Gasteiger partial charge < -0.3 is 4.90 Å². The third-order valence-corrected chi connectivity index (χ3v) is 12.7. The number of fused-ring (bicyclic) bond motifs is 4. The maximum absolute atomic E-state index is 2.56. The van der Waals surface area contributed by atoms with Crippen LogP contribution in [0.2, 0.25) is 0 Å². The van der Waals surface area contributed by atoms with Gasteiger partial charge in [-0.3, -0.25) is 0 Å². The fourth-order valence-corrected chi connectivity index (χ4v) is 10.1. The van der Waals surface area contributed by atoms with Crippen LogP contribution in [0.15, 0.2) is 182 Å². The highest BCUT2D eigenvalue weighted by Crippen LogP contribution is 2.51. The Kier molecular flexibility index (Phi) is 8.54. The summed E-state index contributed by atoms with van der Waals surface area (Å²) in [5.41, 5.74) is 12.4. The maximum Gasteiger partial charge on any atom is 0.0640 e. The van der Waals surface area contributed by atoms with Crippen molar-refractivity contribution in [1.82, 2.24) is 0 Å². The van der Waals surface area contributed by atoms with E-state index in [4.69, 9.17) is 0 Å². The van der Waals surface area contributed by atoms with Gasteiger partial charge in [0.05, 0.1) is 21.8 Å². The van der Waals surface area contributed by atoms with Crippen molar-refractivity contribution in [2.75, 3.05) is 4.90 Å². The number of hydrogen-bond donors (Lipinski definition) is 0. The number of anilines is 3. The molecule has 1 heterocycles. The minimum absolute atomic E-state index is 0.592. The first-order valence-electron chi connectivity index (χ1n) is 19.4. The molecule has 0 N–H and O–H groups in total. The van der Waals surface area contributed by atoms with Crippen molar-refractivity contribution in [2.45, 2.75) is 38.0 Å². The van der Waals surface area contributed by atoms with E-state index in [0.717, 1.165) is 5.69 Å². The molecule has 1 aliphatic carbocycles. The molecule has 2 heteroatoms. The van der Waals surface area contributed by atoms with E-state index in [2.05, 4.69) is 187 Å². The van der Waals surface area contributed by atoms with Crippen LogP contribution in [-0.2, 0) is 0 Å². The second-order valence-corrected chi connectivity index (χ2v) is 15.7. The Balaban J connectivity index is 1.28. The summed E-state index contributed by atoms with van der Waals surface area (Å²) in [4.78, 5) is 2.56. The molecule has 0 spiro atoms. The molecule has 8 aromatic carbocycles. The van der Waals surface area contributed by atoms with Gasteiger partial charge in [-0.15, -0.1) is 11.3 Å². The van der Waals surface area contributed by atoms with E-state index in [-0.39, 0.29) is 0 Å². The first-order valence-corrected chi connectivity index (χ1v) is 20.2. The van der Waals surface area contributed by atoms with E-state index in [9.17, 15) is 0 Å². The highest BCUT2D eigenvalue weighted by Gasteiger charge is 2.26. The van der Waals surface area contributed by atoms with Crippen molar-refractivity contribution < 1.29 is 0 Å². The van der Waals surface area contributed by atoms with E-state index in [1.54, 1.807) is 0 Å². The van der Waals surface area contributed by atoms with E-state index in [1.807, 2.05) is 11.3 Å². The zero-order chi connectivity index (χ0) is 35.8. The highest BCUT2D eigenvalue weighted by atomic mass is 32.1. The van der Waals surface area contributed by atoms with Crippen LogP contribution >= 0.6 is 11.3 Å². The van der Waals surface area contributed by atoms with Gasteiger partial charge in [0, 0.05) is 26.6 Å². The smallest absolute Gasteiger partial charge is 0.0640 e. The molecule has 0 unspecified atom stereocenters. The SMILES string of the molecule is c1ccc(-c2ccc(N(c3ccccc3-c3cccc4cccc(C5CCCCC5)c34)c3cccc4c3sc3ccccc34)c(-c3ccccc3)c2)cc1. The summed E-state index contributed by atoms with van der Waals surface area (Å²) in [6.07, 6.45) is 6.51. The zero-order valence-electron chi connectivity index (χ0n) is 30.3. The van der Waals surface area contributed by atoms with Crippen molar-refractivity contribution in [2.24, 2.45) is 0 Å². The largest absolute Gasteiger partial charge is 0.308 e. The molecule has 1 aromatic heterocycles. The van der Waals surface area contributed by atoms with E-state index in [1.165, 1.54) is 113 Å². The van der Waals surface area contributed by atoms with E-state index >= 15 is 0 Å².